The van der Waals surface area contributed by atoms with Crippen molar-refractivity contribution in [2.45, 2.75) is 106 Å². The Labute approximate surface area is 232 Å². The molecule has 4 rings (SSSR count). The maximum atomic E-state index is 12.7. The van der Waals surface area contributed by atoms with Crippen LogP contribution in [0.1, 0.15) is 99.8 Å². The van der Waals surface area contributed by atoms with Gasteiger partial charge in [-0.05, 0) is 98.9 Å². The zero-order valence-corrected chi connectivity index (χ0v) is 24.6. The lowest BCUT2D eigenvalue weighted by Gasteiger charge is -2.67. The molecule has 4 fully saturated rings. The van der Waals surface area contributed by atoms with Crippen molar-refractivity contribution in [3.05, 3.63) is 22.8 Å². The van der Waals surface area contributed by atoms with Gasteiger partial charge in [-0.1, -0.05) is 49.7 Å². The van der Waals surface area contributed by atoms with E-state index in [4.69, 9.17) is 4.74 Å². The summed E-state index contributed by atoms with van der Waals surface area (Å²) in [7, 11) is 0. The van der Waals surface area contributed by atoms with Crippen molar-refractivity contribution in [3.63, 3.8) is 0 Å². The van der Waals surface area contributed by atoms with Gasteiger partial charge >= 0.3 is 11.9 Å². The zero-order valence-electron chi connectivity index (χ0n) is 24.6. The van der Waals surface area contributed by atoms with E-state index in [0.717, 1.165) is 36.3 Å². The Kier molecular flexibility index (Phi) is 7.82. The van der Waals surface area contributed by atoms with Crippen LogP contribution in [0.5, 0.6) is 0 Å². The summed E-state index contributed by atoms with van der Waals surface area (Å²) >= 11 is 0. The number of carboxylic acid groups (broad SMARTS) is 1. The minimum atomic E-state index is -0.976. The summed E-state index contributed by atoms with van der Waals surface area (Å²) in [6, 6.07) is 0. The molecule has 0 amide bonds. The Morgan fingerprint density at radius 2 is 1.72 bits per heavy atom. The lowest BCUT2D eigenvalue weighted by atomic mass is 9.36. The van der Waals surface area contributed by atoms with Crippen molar-refractivity contribution in [2.75, 3.05) is 0 Å². The summed E-state index contributed by atoms with van der Waals surface area (Å²) in [5, 5.41) is 38.0. The maximum absolute atomic E-state index is 12.7. The summed E-state index contributed by atoms with van der Waals surface area (Å²) in [5.74, 6) is -1.21. The number of hydrogen-bond acceptors (Lipinski definition) is 7. The molecule has 8 heteroatoms. The molecule has 4 aliphatic carbocycles. The summed E-state index contributed by atoms with van der Waals surface area (Å²) in [6.45, 7) is 14.3. The van der Waals surface area contributed by atoms with Crippen LogP contribution in [0.3, 0.4) is 0 Å². The second kappa shape index (κ2) is 10.4. The van der Waals surface area contributed by atoms with Crippen molar-refractivity contribution in [2.24, 2.45) is 50.2 Å². The molecule has 0 bridgehead atoms. The van der Waals surface area contributed by atoms with Gasteiger partial charge in [0.25, 0.3) is 0 Å². The summed E-state index contributed by atoms with van der Waals surface area (Å²) in [4.78, 5) is 25.0. The van der Waals surface area contributed by atoms with Crippen molar-refractivity contribution in [3.8, 4) is 0 Å². The Bertz CT molecular complexity index is 1150. The van der Waals surface area contributed by atoms with Gasteiger partial charge in [0, 0.05) is 24.3 Å². The highest BCUT2D eigenvalue weighted by atomic mass is 16.5. The van der Waals surface area contributed by atoms with Gasteiger partial charge in [0.1, 0.15) is 6.10 Å². The van der Waals surface area contributed by atoms with E-state index in [-0.39, 0.29) is 39.9 Å². The van der Waals surface area contributed by atoms with Gasteiger partial charge in [-0.15, -0.1) is 0 Å². The number of nitrogens with zero attached hydrogens (tertiary/aromatic N) is 2. The minimum absolute atomic E-state index is 0.0195. The van der Waals surface area contributed by atoms with Crippen LogP contribution in [0.2, 0.25) is 0 Å². The maximum Gasteiger partial charge on any atom is 0.331 e. The number of carbonyl (C=O) groups is 2. The predicted octanol–water partition coefficient (Wildman–Crippen LogP) is 6.60. The van der Waals surface area contributed by atoms with E-state index in [0.29, 0.717) is 43.3 Å². The van der Waals surface area contributed by atoms with Crippen LogP contribution in [-0.4, -0.2) is 45.0 Å². The van der Waals surface area contributed by atoms with Gasteiger partial charge in [-0.2, -0.15) is 0 Å². The van der Waals surface area contributed by atoms with Crippen molar-refractivity contribution in [1.82, 2.24) is 0 Å². The number of carboxylic acids is 1. The molecule has 0 saturated heterocycles. The number of oxime groups is 2. The molecule has 0 heterocycles. The first-order chi connectivity index (χ1) is 18.2. The van der Waals surface area contributed by atoms with E-state index in [2.05, 4.69) is 38.0 Å². The third-order valence-corrected chi connectivity index (χ3v) is 11.4. The molecule has 0 aliphatic heterocycles. The largest absolute Gasteiger partial charge is 0.478 e. The minimum Gasteiger partial charge on any atom is -0.478 e. The van der Waals surface area contributed by atoms with Gasteiger partial charge in [-0.25, -0.2) is 4.79 Å². The Hall–Kier alpha value is -2.64. The number of aliphatic carboxylic acids is 1. The first-order valence-corrected chi connectivity index (χ1v) is 14.4. The van der Waals surface area contributed by atoms with E-state index in [1.54, 1.807) is 0 Å². The molecule has 0 radical (unpaired) electrons. The Morgan fingerprint density at radius 3 is 2.28 bits per heavy atom. The highest BCUT2D eigenvalue weighted by Crippen LogP contribution is 2.73. The zero-order chi connectivity index (χ0) is 28.9. The molecule has 8 nitrogen and oxygen atoms in total. The van der Waals surface area contributed by atoms with Crippen molar-refractivity contribution < 1.29 is 29.8 Å². The van der Waals surface area contributed by atoms with E-state index < -0.39 is 18.0 Å². The quantitative estimate of drug-likeness (QED) is 0.118. The van der Waals surface area contributed by atoms with Crippen LogP contribution in [0.25, 0.3) is 0 Å². The lowest BCUT2D eigenvalue weighted by molar-refractivity contribution is -0.149. The van der Waals surface area contributed by atoms with Gasteiger partial charge in [0.2, 0.25) is 0 Å². The first kappa shape index (κ1) is 29.3. The first-order valence-electron chi connectivity index (χ1n) is 14.4. The highest BCUT2D eigenvalue weighted by Gasteiger charge is 2.70. The van der Waals surface area contributed by atoms with Gasteiger partial charge in [0.15, 0.2) is 0 Å². The average Bonchev–Trinajstić information content (AvgIpc) is 3.12. The molecule has 0 spiro atoms. The van der Waals surface area contributed by atoms with Crippen molar-refractivity contribution in [1.29, 1.82) is 0 Å². The molecular formula is C31H46N2O6. The molecule has 0 unspecified atom stereocenters. The van der Waals surface area contributed by atoms with Crippen LogP contribution < -0.4 is 0 Å². The van der Waals surface area contributed by atoms with E-state index in [9.17, 15) is 25.1 Å². The fourth-order valence-corrected chi connectivity index (χ4v) is 9.57. The second-order valence-electron chi connectivity index (χ2n) is 13.5. The molecule has 0 aromatic heterocycles. The van der Waals surface area contributed by atoms with E-state index in [1.165, 1.54) is 6.92 Å². The molecule has 4 aliphatic rings. The standard InChI is InChI=1S/C31H46N2O6/c1-17(2)9-8-10-20(28(35)36)26-22-15-24(33-38)27-29(5)13-12-23(32-37)18(3)21(29)11-14-30(27,6)31(22,7)16-25(26)39-19(4)34/h9,18,21-22,25,27,37-38H,8,10-16H2,1-7H3,(H,35,36)/b26-20-,32-23+,33-24+/t18-,21-,22-,25-,27-,29-,30-,31-/m0/s1. The lowest BCUT2D eigenvalue weighted by Crippen LogP contribution is -2.64. The topological polar surface area (TPSA) is 129 Å². The number of esters is 1. The molecule has 0 aromatic carbocycles. The Balaban J connectivity index is 1.87. The molecule has 8 atom stereocenters. The number of carbonyl (C=O) groups excluding carboxylic acids is 1. The average molecular weight is 543 g/mol. The highest BCUT2D eigenvalue weighted by molar-refractivity contribution is 5.93. The van der Waals surface area contributed by atoms with E-state index >= 15 is 0 Å². The predicted molar refractivity (Wildman–Crippen MR) is 149 cm³/mol. The normalized spacial score (nSPS) is 42.8. The molecule has 3 N–H and O–H groups in total. The van der Waals surface area contributed by atoms with Crippen molar-refractivity contribution >= 4 is 23.4 Å². The van der Waals surface area contributed by atoms with Crippen LogP contribution in [-0.2, 0) is 14.3 Å². The number of fused-ring (bicyclic) bond motifs is 5. The van der Waals surface area contributed by atoms with Gasteiger partial charge < -0.3 is 20.3 Å². The molecular weight excluding hydrogens is 496 g/mol. The van der Waals surface area contributed by atoms with Gasteiger partial charge in [-0.3, -0.25) is 4.79 Å². The van der Waals surface area contributed by atoms with Crippen LogP contribution in [0, 0.1) is 39.9 Å². The van der Waals surface area contributed by atoms with E-state index in [1.807, 2.05) is 19.9 Å². The van der Waals surface area contributed by atoms with Gasteiger partial charge in [0.05, 0.1) is 11.4 Å². The monoisotopic (exact) mass is 542 g/mol. The molecule has 39 heavy (non-hydrogen) atoms. The molecule has 216 valence electrons. The SMILES string of the molecule is CC(=O)O[C@H]1C[C@@]2(C)[C@@H](C/C(=N\O)[C@H]3[C@@]4(C)CC/C(=N\O)[C@@H](C)[C@@H]4CC[C@@]32C)/C1=C(\CCC=C(C)C)C(=O)O. The summed E-state index contributed by atoms with van der Waals surface area (Å²) in [5.41, 5.74) is 2.87. The summed E-state index contributed by atoms with van der Waals surface area (Å²) < 4.78 is 5.89. The number of hydrogen-bond donors (Lipinski definition) is 3. The van der Waals surface area contributed by atoms with Crippen LogP contribution in [0.15, 0.2) is 33.1 Å². The third-order valence-electron chi connectivity index (χ3n) is 11.4. The number of rotatable bonds is 5. The fraction of sp³-hybridized carbons (Fsp3) is 0.742. The number of ether oxygens (including phenoxy) is 1. The number of allylic oxidation sites excluding steroid dienone is 2. The molecule has 0 aromatic rings. The third kappa shape index (κ3) is 4.51. The summed E-state index contributed by atoms with van der Waals surface area (Å²) in [6.07, 6.45) is 6.70. The van der Waals surface area contributed by atoms with Crippen LogP contribution in [0.4, 0.5) is 0 Å². The smallest absolute Gasteiger partial charge is 0.331 e. The second-order valence-corrected chi connectivity index (χ2v) is 13.5. The van der Waals surface area contributed by atoms with Crippen LogP contribution >= 0.6 is 0 Å². The fourth-order valence-electron chi connectivity index (χ4n) is 9.57. The molecule has 4 saturated carbocycles. The Morgan fingerprint density at radius 1 is 1.05 bits per heavy atom.